The fraction of sp³-hybridized carbons (Fsp3) is 0.211. The lowest BCUT2D eigenvalue weighted by atomic mass is 10.0. The first kappa shape index (κ1) is 18.0. The number of halogens is 4. The Balaban J connectivity index is 1.98. The number of rotatable bonds is 2. The molecule has 1 aliphatic heterocycles. The normalized spacial score (nSPS) is 13.8. The smallest absolute Gasteiger partial charge is 0.133 e. The Hall–Kier alpha value is -1.39. The molecule has 0 saturated heterocycles. The first-order chi connectivity index (χ1) is 12.6. The van der Waals surface area contributed by atoms with E-state index in [0.717, 1.165) is 54.1 Å². The van der Waals surface area contributed by atoms with Crippen LogP contribution in [0.15, 0.2) is 36.4 Å². The van der Waals surface area contributed by atoms with Crippen LogP contribution in [0.5, 0.6) is 0 Å². The Morgan fingerprint density at radius 2 is 1.81 bits per heavy atom. The highest BCUT2D eigenvalue weighted by Crippen LogP contribution is 2.39. The van der Waals surface area contributed by atoms with E-state index in [1.807, 2.05) is 22.9 Å². The monoisotopic (exact) mass is 425 g/mol. The minimum atomic E-state index is 0.467. The van der Waals surface area contributed by atoms with E-state index in [1.165, 1.54) is 0 Å². The molecule has 0 unspecified atom stereocenters. The van der Waals surface area contributed by atoms with Gasteiger partial charge in [0.05, 0.1) is 26.4 Å². The molecule has 0 spiro atoms. The average Bonchev–Trinajstić information content (AvgIpc) is 2.81. The predicted octanol–water partition coefficient (Wildman–Crippen LogP) is 6.90. The van der Waals surface area contributed by atoms with Gasteiger partial charge >= 0.3 is 0 Å². The first-order valence-electron chi connectivity index (χ1n) is 8.32. The maximum Gasteiger partial charge on any atom is 0.133 e. The molecule has 1 aliphatic rings. The Kier molecular flexibility index (Phi) is 5.07. The molecule has 26 heavy (non-hydrogen) atoms. The van der Waals surface area contributed by atoms with E-state index in [0.29, 0.717) is 20.1 Å². The minimum Gasteiger partial charge on any atom is -0.370 e. The van der Waals surface area contributed by atoms with Crippen LogP contribution < -0.4 is 5.32 Å². The van der Waals surface area contributed by atoms with Gasteiger partial charge in [0.25, 0.3) is 0 Å². The van der Waals surface area contributed by atoms with Gasteiger partial charge in [0.1, 0.15) is 5.82 Å². The Bertz CT molecular complexity index is 955. The number of benzene rings is 2. The molecule has 0 radical (unpaired) electrons. The zero-order chi connectivity index (χ0) is 18.3. The van der Waals surface area contributed by atoms with Crippen LogP contribution in [0.1, 0.15) is 18.4 Å². The number of anilines is 1. The lowest BCUT2D eigenvalue weighted by Gasteiger charge is -2.11. The lowest BCUT2D eigenvalue weighted by Crippen LogP contribution is -2.07. The summed E-state index contributed by atoms with van der Waals surface area (Å²) in [5.41, 5.74) is 3.48. The second-order valence-corrected chi connectivity index (χ2v) is 7.80. The summed E-state index contributed by atoms with van der Waals surface area (Å²) in [7, 11) is 0. The molecule has 7 heteroatoms. The molecule has 2 aromatic carbocycles. The van der Waals surface area contributed by atoms with Gasteiger partial charge in [0, 0.05) is 22.7 Å². The summed E-state index contributed by atoms with van der Waals surface area (Å²) in [6, 6.07) is 10.9. The van der Waals surface area contributed by atoms with Crippen molar-refractivity contribution in [1.29, 1.82) is 0 Å². The molecule has 0 atom stereocenters. The van der Waals surface area contributed by atoms with Crippen LogP contribution in [-0.4, -0.2) is 16.3 Å². The van der Waals surface area contributed by atoms with Gasteiger partial charge in [-0.25, -0.2) is 4.68 Å². The molecule has 134 valence electrons. The molecule has 3 aromatic rings. The summed E-state index contributed by atoms with van der Waals surface area (Å²) >= 11 is 25.3. The van der Waals surface area contributed by atoms with Crippen LogP contribution in [0.3, 0.4) is 0 Å². The highest BCUT2D eigenvalue weighted by atomic mass is 35.5. The summed E-state index contributed by atoms with van der Waals surface area (Å²) < 4.78 is 1.82. The van der Waals surface area contributed by atoms with Gasteiger partial charge in [-0.2, -0.15) is 5.10 Å². The number of hydrogen-bond donors (Lipinski definition) is 1. The van der Waals surface area contributed by atoms with Crippen LogP contribution in [-0.2, 0) is 6.42 Å². The topological polar surface area (TPSA) is 29.9 Å². The van der Waals surface area contributed by atoms with Crippen molar-refractivity contribution in [1.82, 2.24) is 9.78 Å². The molecule has 0 saturated carbocycles. The molecule has 1 N–H and O–H groups in total. The summed E-state index contributed by atoms with van der Waals surface area (Å²) in [4.78, 5) is 0. The SMILES string of the molecule is Clc1ccc(Cl)c(-c2nn(-c3cccc(Cl)c3Cl)c3c2CCCCN3)c1. The third kappa shape index (κ3) is 3.18. The van der Waals surface area contributed by atoms with Crippen molar-refractivity contribution in [3.63, 3.8) is 0 Å². The van der Waals surface area contributed by atoms with Crippen molar-refractivity contribution in [2.75, 3.05) is 11.9 Å². The van der Waals surface area contributed by atoms with Crippen molar-refractivity contribution in [3.8, 4) is 16.9 Å². The zero-order valence-corrected chi connectivity index (χ0v) is 16.7. The summed E-state index contributed by atoms with van der Waals surface area (Å²) in [5, 5.41) is 10.5. The van der Waals surface area contributed by atoms with E-state index in [1.54, 1.807) is 18.2 Å². The number of nitrogens with zero attached hydrogens (tertiary/aromatic N) is 2. The lowest BCUT2D eigenvalue weighted by molar-refractivity contribution is 0.780. The highest BCUT2D eigenvalue weighted by Gasteiger charge is 2.24. The number of nitrogens with one attached hydrogen (secondary N) is 1. The molecule has 1 aromatic heterocycles. The van der Waals surface area contributed by atoms with E-state index in [2.05, 4.69) is 5.32 Å². The summed E-state index contributed by atoms with van der Waals surface area (Å²) in [6.45, 7) is 0.875. The van der Waals surface area contributed by atoms with Gasteiger partial charge in [-0.3, -0.25) is 0 Å². The van der Waals surface area contributed by atoms with E-state index < -0.39 is 0 Å². The second kappa shape index (κ2) is 7.32. The molecular weight excluding hydrogens is 412 g/mol. The van der Waals surface area contributed by atoms with Gasteiger partial charge in [-0.1, -0.05) is 52.5 Å². The Labute approximate surface area is 171 Å². The van der Waals surface area contributed by atoms with Crippen molar-refractivity contribution < 1.29 is 0 Å². The maximum atomic E-state index is 6.46. The fourth-order valence-electron chi connectivity index (χ4n) is 3.23. The Morgan fingerprint density at radius 1 is 0.962 bits per heavy atom. The van der Waals surface area contributed by atoms with E-state index in [-0.39, 0.29) is 0 Å². The maximum absolute atomic E-state index is 6.46. The van der Waals surface area contributed by atoms with Gasteiger partial charge in [0.2, 0.25) is 0 Å². The molecule has 0 amide bonds. The molecule has 3 nitrogen and oxygen atoms in total. The van der Waals surface area contributed by atoms with E-state index >= 15 is 0 Å². The Morgan fingerprint density at radius 3 is 2.65 bits per heavy atom. The second-order valence-electron chi connectivity index (χ2n) is 6.17. The van der Waals surface area contributed by atoms with Gasteiger partial charge < -0.3 is 5.32 Å². The number of aromatic nitrogens is 2. The fourth-order valence-corrected chi connectivity index (χ4v) is 3.98. The van der Waals surface area contributed by atoms with Crippen LogP contribution in [0.25, 0.3) is 16.9 Å². The highest BCUT2D eigenvalue weighted by molar-refractivity contribution is 6.43. The van der Waals surface area contributed by atoms with E-state index in [9.17, 15) is 0 Å². The van der Waals surface area contributed by atoms with Gasteiger partial charge in [-0.05, 0) is 49.6 Å². The molecular formula is C19H15Cl4N3. The average molecular weight is 427 g/mol. The summed E-state index contributed by atoms with van der Waals surface area (Å²) in [5.74, 6) is 0.928. The predicted molar refractivity (Wildman–Crippen MR) is 110 cm³/mol. The van der Waals surface area contributed by atoms with Crippen LogP contribution >= 0.6 is 46.4 Å². The van der Waals surface area contributed by atoms with Crippen LogP contribution in [0, 0.1) is 0 Å². The first-order valence-corrected chi connectivity index (χ1v) is 9.83. The standard InChI is InChI=1S/C19H15Cl4N3/c20-11-7-8-14(21)13(10-11)18-12-4-1-2-9-24-19(12)26(25-18)16-6-3-5-15(22)17(16)23/h3,5-8,10,24H,1-2,4,9H2. The summed E-state index contributed by atoms with van der Waals surface area (Å²) in [6.07, 6.45) is 3.06. The molecule has 2 heterocycles. The molecule has 0 aliphatic carbocycles. The number of hydrogen-bond acceptors (Lipinski definition) is 2. The largest absolute Gasteiger partial charge is 0.370 e. The minimum absolute atomic E-state index is 0.467. The third-order valence-corrected chi connectivity index (χ3v) is 5.85. The molecule has 4 rings (SSSR count). The molecule has 0 bridgehead atoms. The molecule has 0 fully saturated rings. The van der Waals surface area contributed by atoms with Crippen molar-refractivity contribution in [2.24, 2.45) is 0 Å². The zero-order valence-electron chi connectivity index (χ0n) is 13.7. The number of fused-ring (bicyclic) bond motifs is 1. The van der Waals surface area contributed by atoms with Crippen molar-refractivity contribution in [2.45, 2.75) is 19.3 Å². The quantitative estimate of drug-likeness (QED) is 0.482. The van der Waals surface area contributed by atoms with E-state index in [4.69, 9.17) is 51.5 Å². The van der Waals surface area contributed by atoms with Crippen molar-refractivity contribution in [3.05, 3.63) is 62.1 Å². The van der Waals surface area contributed by atoms with Crippen LogP contribution in [0.4, 0.5) is 5.82 Å². The van der Waals surface area contributed by atoms with Gasteiger partial charge in [0.15, 0.2) is 0 Å². The third-order valence-electron chi connectivity index (χ3n) is 4.47. The van der Waals surface area contributed by atoms with Crippen LogP contribution in [0.2, 0.25) is 20.1 Å². The van der Waals surface area contributed by atoms with Gasteiger partial charge in [-0.15, -0.1) is 0 Å². The van der Waals surface area contributed by atoms with Crippen molar-refractivity contribution >= 4 is 52.2 Å².